The van der Waals surface area contributed by atoms with E-state index in [9.17, 15) is 10.2 Å². The molecule has 78 valence electrons. The predicted molar refractivity (Wildman–Crippen MR) is 53.2 cm³/mol. The molecule has 0 amide bonds. The summed E-state index contributed by atoms with van der Waals surface area (Å²) in [6, 6.07) is 4.77. The topological polar surface area (TPSA) is 72.7 Å². The van der Waals surface area contributed by atoms with Crippen molar-refractivity contribution in [3.05, 3.63) is 23.8 Å². The molecule has 1 aromatic carbocycles. The number of aliphatic hydroxyl groups excluding tert-OH is 1. The zero-order chi connectivity index (χ0) is 10.6. The van der Waals surface area contributed by atoms with E-state index >= 15 is 0 Å². The smallest absolute Gasteiger partial charge is 0.161 e. The van der Waals surface area contributed by atoms with Gasteiger partial charge in [-0.1, -0.05) is 12.1 Å². The molecule has 1 atom stereocenters. The van der Waals surface area contributed by atoms with Gasteiger partial charge in [0.25, 0.3) is 0 Å². The summed E-state index contributed by atoms with van der Waals surface area (Å²) in [5.74, 6) is -0.230. The van der Waals surface area contributed by atoms with E-state index in [4.69, 9.17) is 5.11 Å². The molecule has 4 nitrogen and oxygen atoms in total. The zero-order valence-corrected chi connectivity index (χ0v) is 8.07. The zero-order valence-electron chi connectivity index (χ0n) is 8.07. The Labute approximate surface area is 82.8 Å². The van der Waals surface area contributed by atoms with Crippen LogP contribution < -0.4 is 5.32 Å². The van der Waals surface area contributed by atoms with Crippen molar-refractivity contribution in [1.29, 1.82) is 0 Å². The molecule has 0 saturated heterocycles. The van der Waals surface area contributed by atoms with Crippen LogP contribution in [0.5, 0.6) is 11.5 Å². The largest absolute Gasteiger partial charge is 0.504 e. The molecule has 1 aromatic rings. The Hall–Kier alpha value is -1.26. The highest BCUT2D eigenvalue weighted by molar-refractivity contribution is 5.44. The molecule has 0 radical (unpaired) electrons. The minimum atomic E-state index is -0.124. The van der Waals surface area contributed by atoms with Crippen molar-refractivity contribution in [3.63, 3.8) is 0 Å². The standard InChI is InChI=1S/C10H15NO3/c1-7(6-12)11-5-8-3-2-4-9(13)10(8)14/h2-4,7,11-14H,5-6H2,1H3. The quantitative estimate of drug-likeness (QED) is 0.532. The van der Waals surface area contributed by atoms with Gasteiger partial charge in [-0.05, 0) is 13.0 Å². The molecule has 0 aliphatic carbocycles. The van der Waals surface area contributed by atoms with Gasteiger partial charge in [0.2, 0.25) is 0 Å². The third-order valence-corrected chi connectivity index (χ3v) is 2.01. The molecule has 0 bridgehead atoms. The fourth-order valence-corrected chi connectivity index (χ4v) is 1.07. The number of nitrogens with one attached hydrogen (secondary N) is 1. The van der Waals surface area contributed by atoms with Crippen LogP contribution in [0.4, 0.5) is 0 Å². The van der Waals surface area contributed by atoms with Crippen molar-refractivity contribution in [3.8, 4) is 11.5 Å². The normalized spacial score (nSPS) is 12.7. The molecule has 4 heteroatoms. The maximum absolute atomic E-state index is 9.43. The SMILES string of the molecule is CC(CO)NCc1cccc(O)c1O. The Balaban J connectivity index is 2.63. The molecule has 0 aliphatic rings. The molecule has 1 rings (SSSR count). The lowest BCUT2D eigenvalue weighted by Crippen LogP contribution is -2.28. The summed E-state index contributed by atoms with van der Waals surface area (Å²) < 4.78 is 0. The number of rotatable bonds is 4. The second kappa shape index (κ2) is 4.83. The minimum Gasteiger partial charge on any atom is -0.504 e. The molecule has 0 spiro atoms. The molecule has 0 saturated carbocycles. The molecular formula is C10H15NO3. The van der Waals surface area contributed by atoms with E-state index in [0.29, 0.717) is 12.1 Å². The van der Waals surface area contributed by atoms with Gasteiger partial charge in [-0.2, -0.15) is 0 Å². The van der Waals surface area contributed by atoms with Crippen LogP contribution in [0.15, 0.2) is 18.2 Å². The van der Waals surface area contributed by atoms with Gasteiger partial charge in [-0.25, -0.2) is 0 Å². The van der Waals surface area contributed by atoms with Crippen LogP contribution >= 0.6 is 0 Å². The van der Waals surface area contributed by atoms with Gasteiger partial charge in [-0.3, -0.25) is 0 Å². The van der Waals surface area contributed by atoms with Gasteiger partial charge in [-0.15, -0.1) is 0 Å². The third kappa shape index (κ3) is 2.61. The van der Waals surface area contributed by atoms with Crippen molar-refractivity contribution in [1.82, 2.24) is 5.32 Å². The van der Waals surface area contributed by atoms with E-state index in [1.54, 1.807) is 12.1 Å². The van der Waals surface area contributed by atoms with Gasteiger partial charge in [0.05, 0.1) is 6.61 Å². The molecule has 0 aromatic heterocycles. The third-order valence-electron chi connectivity index (χ3n) is 2.01. The second-order valence-electron chi connectivity index (χ2n) is 3.25. The van der Waals surface area contributed by atoms with Crippen molar-refractivity contribution in [2.75, 3.05) is 6.61 Å². The first-order valence-corrected chi connectivity index (χ1v) is 4.49. The average molecular weight is 197 g/mol. The second-order valence-corrected chi connectivity index (χ2v) is 3.25. The Bertz CT molecular complexity index is 301. The first-order chi connectivity index (χ1) is 6.65. The van der Waals surface area contributed by atoms with Gasteiger partial charge in [0.1, 0.15) is 0 Å². The minimum absolute atomic E-state index is 0.0308. The van der Waals surface area contributed by atoms with E-state index in [1.807, 2.05) is 6.92 Å². The fraction of sp³-hybridized carbons (Fsp3) is 0.400. The molecule has 0 fully saturated rings. The van der Waals surface area contributed by atoms with E-state index in [1.165, 1.54) is 6.07 Å². The van der Waals surface area contributed by atoms with Crippen molar-refractivity contribution in [2.24, 2.45) is 0 Å². The van der Waals surface area contributed by atoms with E-state index in [-0.39, 0.29) is 24.1 Å². The van der Waals surface area contributed by atoms with E-state index in [0.717, 1.165) is 0 Å². The van der Waals surface area contributed by atoms with Crippen LogP contribution in [0, 0.1) is 0 Å². The first-order valence-electron chi connectivity index (χ1n) is 4.49. The van der Waals surface area contributed by atoms with E-state index < -0.39 is 0 Å². The van der Waals surface area contributed by atoms with Gasteiger partial charge in [0.15, 0.2) is 11.5 Å². The van der Waals surface area contributed by atoms with Crippen molar-refractivity contribution >= 4 is 0 Å². The Morgan fingerprint density at radius 1 is 1.36 bits per heavy atom. The van der Waals surface area contributed by atoms with Crippen LogP contribution in [0.25, 0.3) is 0 Å². The van der Waals surface area contributed by atoms with Crippen LogP contribution in [-0.4, -0.2) is 28.0 Å². The van der Waals surface area contributed by atoms with Crippen molar-refractivity contribution < 1.29 is 15.3 Å². The summed E-state index contributed by atoms with van der Waals surface area (Å²) in [6.07, 6.45) is 0. The number of aliphatic hydroxyl groups is 1. The van der Waals surface area contributed by atoms with E-state index in [2.05, 4.69) is 5.32 Å². The molecule has 0 heterocycles. The van der Waals surface area contributed by atoms with Gasteiger partial charge >= 0.3 is 0 Å². The summed E-state index contributed by atoms with van der Waals surface area (Å²) in [5.41, 5.74) is 0.616. The maximum atomic E-state index is 9.43. The number of hydrogen-bond donors (Lipinski definition) is 4. The summed E-state index contributed by atoms with van der Waals surface area (Å²) in [7, 11) is 0. The number of hydrogen-bond acceptors (Lipinski definition) is 4. The number of para-hydroxylation sites is 1. The molecular weight excluding hydrogens is 182 g/mol. The Morgan fingerprint density at radius 3 is 2.71 bits per heavy atom. The van der Waals surface area contributed by atoms with Crippen molar-refractivity contribution in [2.45, 2.75) is 19.5 Å². The summed E-state index contributed by atoms with van der Waals surface area (Å²) in [6.45, 7) is 2.29. The lowest BCUT2D eigenvalue weighted by atomic mass is 10.2. The number of aromatic hydroxyl groups is 2. The van der Waals surface area contributed by atoms with Crippen LogP contribution in [0.3, 0.4) is 0 Å². The lowest BCUT2D eigenvalue weighted by Gasteiger charge is -2.11. The molecule has 14 heavy (non-hydrogen) atoms. The van der Waals surface area contributed by atoms with Crippen LogP contribution in [-0.2, 0) is 6.54 Å². The van der Waals surface area contributed by atoms with Gasteiger partial charge < -0.3 is 20.6 Å². The van der Waals surface area contributed by atoms with Crippen LogP contribution in [0.1, 0.15) is 12.5 Å². The first kappa shape index (κ1) is 10.8. The fourth-order valence-electron chi connectivity index (χ4n) is 1.07. The number of phenols is 2. The molecule has 0 aliphatic heterocycles. The average Bonchev–Trinajstić information content (AvgIpc) is 2.20. The number of benzene rings is 1. The molecule has 4 N–H and O–H groups in total. The maximum Gasteiger partial charge on any atom is 0.161 e. The molecule has 1 unspecified atom stereocenters. The number of phenolic OH excluding ortho intramolecular Hbond substituents is 2. The van der Waals surface area contributed by atoms with Gasteiger partial charge in [0, 0.05) is 18.2 Å². The predicted octanol–water partition coefficient (Wildman–Crippen LogP) is 0.568. The Kier molecular flexibility index (Phi) is 3.73. The highest BCUT2D eigenvalue weighted by Crippen LogP contribution is 2.27. The summed E-state index contributed by atoms with van der Waals surface area (Å²) >= 11 is 0. The summed E-state index contributed by atoms with van der Waals surface area (Å²) in [4.78, 5) is 0. The van der Waals surface area contributed by atoms with Crippen LogP contribution in [0.2, 0.25) is 0 Å². The lowest BCUT2D eigenvalue weighted by molar-refractivity contribution is 0.250. The highest BCUT2D eigenvalue weighted by atomic mass is 16.3. The summed E-state index contributed by atoms with van der Waals surface area (Å²) in [5, 5.41) is 30.4. The highest BCUT2D eigenvalue weighted by Gasteiger charge is 2.06. The Morgan fingerprint density at radius 2 is 2.07 bits per heavy atom. The monoisotopic (exact) mass is 197 g/mol.